The third-order valence-corrected chi connectivity index (χ3v) is 4.73. The SMILES string of the molecule is COc1ccccc1-c1c(-c2ccccn2)c[nH]c(=O)c1-c1ccccc1C#N. The summed E-state index contributed by atoms with van der Waals surface area (Å²) in [5.41, 5.74) is 4.00. The van der Waals surface area contributed by atoms with Gasteiger partial charge in [0.1, 0.15) is 5.75 Å². The van der Waals surface area contributed by atoms with Gasteiger partial charge in [-0.3, -0.25) is 9.78 Å². The number of hydrogen-bond acceptors (Lipinski definition) is 4. The lowest BCUT2D eigenvalue weighted by Gasteiger charge is -2.17. The molecule has 2 aromatic carbocycles. The summed E-state index contributed by atoms with van der Waals surface area (Å²) in [6.07, 6.45) is 3.36. The fourth-order valence-corrected chi connectivity index (χ4v) is 3.44. The maximum Gasteiger partial charge on any atom is 0.256 e. The number of hydrogen-bond donors (Lipinski definition) is 1. The number of H-pyrrole nitrogens is 1. The number of methoxy groups -OCH3 is 1. The molecule has 0 saturated carbocycles. The first-order valence-electron chi connectivity index (χ1n) is 9.04. The van der Waals surface area contributed by atoms with Crippen molar-refractivity contribution in [3.63, 3.8) is 0 Å². The van der Waals surface area contributed by atoms with Gasteiger partial charge in [0.25, 0.3) is 5.56 Å². The molecular weight excluding hydrogens is 362 g/mol. The summed E-state index contributed by atoms with van der Waals surface area (Å²) >= 11 is 0. The number of aromatic amines is 1. The number of nitriles is 1. The van der Waals surface area contributed by atoms with E-state index in [0.29, 0.717) is 33.7 Å². The molecule has 0 aliphatic carbocycles. The van der Waals surface area contributed by atoms with Crippen LogP contribution < -0.4 is 10.3 Å². The van der Waals surface area contributed by atoms with Crippen molar-refractivity contribution in [1.29, 1.82) is 5.26 Å². The number of pyridine rings is 2. The van der Waals surface area contributed by atoms with Crippen LogP contribution in [0.25, 0.3) is 33.5 Å². The summed E-state index contributed by atoms with van der Waals surface area (Å²) in [7, 11) is 1.59. The third kappa shape index (κ3) is 3.28. The van der Waals surface area contributed by atoms with Gasteiger partial charge in [0.15, 0.2) is 0 Å². The number of nitrogens with one attached hydrogen (secondary N) is 1. The number of aromatic nitrogens is 2. The van der Waals surface area contributed by atoms with Gasteiger partial charge in [-0.15, -0.1) is 0 Å². The second kappa shape index (κ2) is 7.83. The second-order valence-corrected chi connectivity index (χ2v) is 6.35. The van der Waals surface area contributed by atoms with Crippen molar-refractivity contribution < 1.29 is 4.74 Å². The summed E-state index contributed by atoms with van der Waals surface area (Å²) in [5, 5.41) is 9.62. The Labute approximate surface area is 167 Å². The van der Waals surface area contributed by atoms with Crippen molar-refractivity contribution in [2.75, 3.05) is 7.11 Å². The molecule has 2 aromatic heterocycles. The minimum absolute atomic E-state index is 0.284. The predicted molar refractivity (Wildman–Crippen MR) is 112 cm³/mol. The number of ether oxygens (including phenoxy) is 1. The highest BCUT2D eigenvalue weighted by atomic mass is 16.5. The smallest absolute Gasteiger partial charge is 0.256 e. The van der Waals surface area contributed by atoms with Crippen LogP contribution in [0.1, 0.15) is 5.56 Å². The molecule has 0 unspecified atom stereocenters. The average molecular weight is 379 g/mol. The minimum Gasteiger partial charge on any atom is -0.496 e. The standard InChI is InChI=1S/C24H17N3O2/c1-29-21-12-5-4-10-18(21)22-19(20-11-6-7-13-26-20)15-27-24(28)23(22)17-9-3-2-8-16(17)14-25/h2-13,15H,1H3,(H,27,28). The van der Waals surface area contributed by atoms with Crippen molar-refractivity contribution in [1.82, 2.24) is 9.97 Å². The normalized spacial score (nSPS) is 10.3. The first kappa shape index (κ1) is 18.2. The van der Waals surface area contributed by atoms with E-state index >= 15 is 0 Å². The molecule has 0 fully saturated rings. The van der Waals surface area contributed by atoms with Crippen molar-refractivity contribution in [3.05, 3.63) is 95.0 Å². The molecule has 4 rings (SSSR count). The molecule has 2 heterocycles. The molecule has 4 aromatic rings. The molecule has 5 nitrogen and oxygen atoms in total. The molecule has 5 heteroatoms. The monoisotopic (exact) mass is 379 g/mol. The predicted octanol–water partition coefficient (Wildman–Crippen LogP) is 4.65. The lowest BCUT2D eigenvalue weighted by atomic mass is 9.89. The zero-order valence-electron chi connectivity index (χ0n) is 15.7. The summed E-state index contributed by atoms with van der Waals surface area (Å²) in [6, 6.07) is 22.4. The lowest BCUT2D eigenvalue weighted by molar-refractivity contribution is 0.416. The molecule has 0 spiro atoms. The van der Waals surface area contributed by atoms with Gasteiger partial charge in [-0.1, -0.05) is 42.5 Å². The highest BCUT2D eigenvalue weighted by molar-refractivity contribution is 5.95. The molecule has 140 valence electrons. The average Bonchev–Trinajstić information content (AvgIpc) is 2.79. The van der Waals surface area contributed by atoms with Crippen LogP contribution in [0.2, 0.25) is 0 Å². The Kier molecular flexibility index (Phi) is 4.91. The highest BCUT2D eigenvalue weighted by Crippen LogP contribution is 2.41. The summed E-state index contributed by atoms with van der Waals surface area (Å²) in [5.74, 6) is 0.631. The molecular formula is C24H17N3O2. The van der Waals surface area contributed by atoms with Gasteiger partial charge in [0.05, 0.1) is 30.0 Å². The molecule has 0 aliphatic heterocycles. The molecule has 0 bridgehead atoms. The lowest BCUT2D eigenvalue weighted by Crippen LogP contribution is -2.12. The molecule has 29 heavy (non-hydrogen) atoms. The van der Waals surface area contributed by atoms with Crippen LogP contribution in [0.5, 0.6) is 5.75 Å². The van der Waals surface area contributed by atoms with Crippen LogP contribution in [0.3, 0.4) is 0 Å². The van der Waals surface area contributed by atoms with E-state index in [4.69, 9.17) is 4.74 Å². The number of rotatable bonds is 4. The van der Waals surface area contributed by atoms with Gasteiger partial charge in [-0.25, -0.2) is 0 Å². The van der Waals surface area contributed by atoms with Gasteiger partial charge in [-0.05, 0) is 24.3 Å². The molecule has 0 saturated heterocycles. The number of para-hydroxylation sites is 1. The van der Waals surface area contributed by atoms with E-state index in [9.17, 15) is 10.1 Å². The summed E-state index contributed by atoms with van der Waals surface area (Å²) < 4.78 is 5.58. The van der Waals surface area contributed by atoms with Crippen molar-refractivity contribution in [2.45, 2.75) is 0 Å². The Bertz CT molecular complexity index is 1270. The summed E-state index contributed by atoms with van der Waals surface area (Å²) in [6.45, 7) is 0. The first-order chi connectivity index (χ1) is 14.2. The van der Waals surface area contributed by atoms with Crippen LogP contribution >= 0.6 is 0 Å². The zero-order chi connectivity index (χ0) is 20.2. The Hall–Kier alpha value is -4.17. The van der Waals surface area contributed by atoms with Crippen LogP contribution in [0, 0.1) is 11.3 Å². The second-order valence-electron chi connectivity index (χ2n) is 6.35. The van der Waals surface area contributed by atoms with E-state index in [1.54, 1.807) is 37.7 Å². The van der Waals surface area contributed by atoms with Crippen LogP contribution in [-0.2, 0) is 0 Å². The van der Waals surface area contributed by atoms with E-state index in [1.807, 2.05) is 48.5 Å². The van der Waals surface area contributed by atoms with Gasteiger partial charge in [-0.2, -0.15) is 5.26 Å². The quantitative estimate of drug-likeness (QED) is 0.560. The van der Waals surface area contributed by atoms with E-state index in [1.165, 1.54) is 0 Å². The maximum absolute atomic E-state index is 13.0. The molecule has 1 N–H and O–H groups in total. The Morgan fingerprint density at radius 2 is 1.62 bits per heavy atom. The largest absolute Gasteiger partial charge is 0.496 e. The molecule has 0 aliphatic rings. The zero-order valence-corrected chi connectivity index (χ0v) is 15.7. The first-order valence-corrected chi connectivity index (χ1v) is 9.04. The Morgan fingerprint density at radius 3 is 2.34 bits per heavy atom. The number of benzene rings is 2. The molecule has 0 radical (unpaired) electrons. The van der Waals surface area contributed by atoms with Gasteiger partial charge >= 0.3 is 0 Å². The van der Waals surface area contributed by atoms with Gasteiger partial charge in [0, 0.05) is 34.6 Å². The Morgan fingerprint density at radius 1 is 0.897 bits per heavy atom. The Balaban J connectivity index is 2.17. The van der Waals surface area contributed by atoms with Crippen LogP contribution in [0.4, 0.5) is 0 Å². The fourth-order valence-electron chi connectivity index (χ4n) is 3.44. The van der Waals surface area contributed by atoms with E-state index in [-0.39, 0.29) is 5.56 Å². The van der Waals surface area contributed by atoms with Gasteiger partial charge in [0.2, 0.25) is 0 Å². The van der Waals surface area contributed by atoms with Crippen molar-refractivity contribution in [2.24, 2.45) is 0 Å². The topological polar surface area (TPSA) is 78.8 Å². The summed E-state index contributed by atoms with van der Waals surface area (Å²) in [4.78, 5) is 20.3. The maximum atomic E-state index is 13.0. The van der Waals surface area contributed by atoms with Crippen molar-refractivity contribution >= 4 is 0 Å². The minimum atomic E-state index is -0.284. The van der Waals surface area contributed by atoms with E-state index in [2.05, 4.69) is 16.0 Å². The number of nitrogens with zero attached hydrogens (tertiary/aromatic N) is 2. The third-order valence-electron chi connectivity index (χ3n) is 4.73. The van der Waals surface area contributed by atoms with E-state index in [0.717, 1.165) is 11.1 Å². The van der Waals surface area contributed by atoms with Crippen LogP contribution in [-0.4, -0.2) is 17.1 Å². The van der Waals surface area contributed by atoms with Gasteiger partial charge < -0.3 is 9.72 Å². The molecule has 0 atom stereocenters. The van der Waals surface area contributed by atoms with Crippen molar-refractivity contribution in [3.8, 4) is 45.3 Å². The fraction of sp³-hybridized carbons (Fsp3) is 0.0417. The van der Waals surface area contributed by atoms with Crippen LogP contribution in [0.15, 0.2) is 83.9 Å². The highest BCUT2D eigenvalue weighted by Gasteiger charge is 2.22. The molecule has 0 amide bonds. The van der Waals surface area contributed by atoms with E-state index < -0.39 is 0 Å².